The van der Waals surface area contributed by atoms with Gasteiger partial charge >= 0.3 is 0 Å². The summed E-state index contributed by atoms with van der Waals surface area (Å²) in [5.74, 6) is -2.56. The zero-order valence-corrected chi connectivity index (χ0v) is 12.2. The first-order valence-corrected chi connectivity index (χ1v) is 7.30. The maximum Gasteiger partial charge on any atom is 0.269 e. The summed E-state index contributed by atoms with van der Waals surface area (Å²) in [6.07, 6.45) is 4.87. The molecule has 0 N–H and O–H groups in total. The maximum atomic E-state index is 15.2. The molecule has 0 bridgehead atoms. The van der Waals surface area contributed by atoms with Gasteiger partial charge in [0.15, 0.2) is 0 Å². The van der Waals surface area contributed by atoms with Crippen LogP contribution in [0.15, 0.2) is 0 Å². The van der Waals surface area contributed by atoms with Crippen molar-refractivity contribution in [3.63, 3.8) is 0 Å². The number of likely N-dealkylation sites (tertiary alicyclic amines) is 1. The van der Waals surface area contributed by atoms with Crippen LogP contribution < -0.4 is 0 Å². The third-order valence-corrected chi connectivity index (χ3v) is 5.47. The Kier molecular flexibility index (Phi) is 3.50. The van der Waals surface area contributed by atoms with Gasteiger partial charge in [-0.15, -0.1) is 0 Å². The number of rotatable bonds is 2. The van der Waals surface area contributed by atoms with Crippen LogP contribution in [0.5, 0.6) is 0 Å². The molecule has 1 saturated carbocycles. The lowest BCUT2D eigenvalue weighted by molar-refractivity contribution is -0.202. The fraction of sp³-hybridized carbons (Fsp3) is 1.00. The second-order valence-corrected chi connectivity index (χ2v) is 7.30. The minimum absolute atomic E-state index is 0.323. The van der Waals surface area contributed by atoms with Gasteiger partial charge in [0.1, 0.15) is 0 Å². The van der Waals surface area contributed by atoms with Crippen LogP contribution >= 0.6 is 0 Å². The van der Waals surface area contributed by atoms with E-state index < -0.39 is 17.4 Å². The van der Waals surface area contributed by atoms with Crippen molar-refractivity contribution in [2.24, 2.45) is 10.8 Å². The fourth-order valence-corrected chi connectivity index (χ4v) is 4.25. The summed E-state index contributed by atoms with van der Waals surface area (Å²) >= 11 is 0. The Morgan fingerprint density at radius 2 is 1.61 bits per heavy atom. The topological polar surface area (TPSA) is 3.24 Å². The van der Waals surface area contributed by atoms with E-state index in [1.807, 2.05) is 32.7 Å². The van der Waals surface area contributed by atoms with Gasteiger partial charge in [0.2, 0.25) is 0 Å². The van der Waals surface area contributed by atoms with Crippen LogP contribution in [0.25, 0.3) is 0 Å². The predicted molar refractivity (Wildman–Crippen MR) is 71.0 cm³/mol. The van der Waals surface area contributed by atoms with E-state index in [0.717, 1.165) is 25.8 Å². The molecule has 1 aliphatic carbocycles. The summed E-state index contributed by atoms with van der Waals surface area (Å²) in [5.41, 5.74) is -1.13. The molecule has 0 radical (unpaired) electrons. The molecule has 1 atom stereocenters. The van der Waals surface area contributed by atoms with Gasteiger partial charge in [0.05, 0.1) is 6.04 Å². The van der Waals surface area contributed by atoms with Crippen molar-refractivity contribution >= 4 is 0 Å². The summed E-state index contributed by atoms with van der Waals surface area (Å²) in [7, 11) is 1.86. The van der Waals surface area contributed by atoms with Gasteiger partial charge in [0.25, 0.3) is 5.92 Å². The van der Waals surface area contributed by atoms with Gasteiger partial charge in [-0.05, 0) is 44.7 Å². The van der Waals surface area contributed by atoms with Crippen LogP contribution in [-0.4, -0.2) is 30.5 Å². The van der Waals surface area contributed by atoms with Crippen LogP contribution in [0.2, 0.25) is 0 Å². The van der Waals surface area contributed by atoms with Gasteiger partial charge in [-0.3, -0.25) is 4.90 Å². The normalized spacial score (nSPS) is 30.0. The van der Waals surface area contributed by atoms with E-state index in [1.54, 1.807) is 0 Å². The second-order valence-electron chi connectivity index (χ2n) is 7.30. The van der Waals surface area contributed by atoms with E-state index in [0.29, 0.717) is 19.3 Å². The second kappa shape index (κ2) is 4.43. The van der Waals surface area contributed by atoms with Gasteiger partial charge in [-0.2, -0.15) is 0 Å². The Bertz CT molecular complexity index is 300. The lowest BCUT2D eigenvalue weighted by Gasteiger charge is -2.50. The molecule has 0 amide bonds. The molecule has 106 valence electrons. The molecule has 1 nitrogen and oxygen atoms in total. The Morgan fingerprint density at radius 3 is 2.00 bits per heavy atom. The van der Waals surface area contributed by atoms with Crippen molar-refractivity contribution in [1.29, 1.82) is 0 Å². The summed E-state index contributed by atoms with van der Waals surface area (Å²) < 4.78 is 30.4. The first kappa shape index (κ1) is 14.2. The van der Waals surface area contributed by atoms with Gasteiger partial charge in [-0.1, -0.05) is 33.6 Å². The van der Waals surface area contributed by atoms with Crippen LogP contribution in [0.3, 0.4) is 0 Å². The minimum Gasteiger partial charge on any atom is -0.298 e. The number of alkyl halides is 2. The largest absolute Gasteiger partial charge is 0.298 e. The molecule has 0 spiro atoms. The zero-order valence-electron chi connectivity index (χ0n) is 12.2. The SMILES string of the molecule is CN1CCCC1C(F)(F)C1(C(C)(C)C)CCCC1. The Balaban J connectivity index is 2.35. The predicted octanol–water partition coefficient (Wildman–Crippen LogP) is 4.32. The van der Waals surface area contributed by atoms with E-state index in [-0.39, 0.29) is 5.41 Å². The Labute approximate surface area is 110 Å². The van der Waals surface area contributed by atoms with Crippen molar-refractivity contribution in [3.8, 4) is 0 Å². The van der Waals surface area contributed by atoms with E-state index in [2.05, 4.69) is 0 Å². The summed E-state index contributed by atoms with van der Waals surface area (Å²) in [4.78, 5) is 1.88. The van der Waals surface area contributed by atoms with Gasteiger partial charge in [-0.25, -0.2) is 8.78 Å². The smallest absolute Gasteiger partial charge is 0.269 e. The maximum absolute atomic E-state index is 15.2. The third kappa shape index (κ3) is 1.90. The number of nitrogens with zero attached hydrogens (tertiary/aromatic N) is 1. The van der Waals surface area contributed by atoms with E-state index in [4.69, 9.17) is 0 Å². The molecule has 1 heterocycles. The molecule has 0 aromatic carbocycles. The van der Waals surface area contributed by atoms with Crippen LogP contribution in [0.1, 0.15) is 59.3 Å². The molecule has 1 saturated heterocycles. The lowest BCUT2D eigenvalue weighted by atomic mass is 9.60. The number of halogens is 2. The zero-order chi connectivity index (χ0) is 13.6. The first-order chi connectivity index (χ1) is 8.22. The molecule has 1 unspecified atom stereocenters. The van der Waals surface area contributed by atoms with Crippen molar-refractivity contribution < 1.29 is 8.78 Å². The third-order valence-electron chi connectivity index (χ3n) is 5.47. The highest BCUT2D eigenvalue weighted by molar-refractivity contribution is 5.08. The number of hydrogen-bond acceptors (Lipinski definition) is 1. The standard InChI is InChI=1S/C15H27F2N/c1-13(2,3)14(9-5-6-10-14)15(16,17)12-8-7-11-18(12)4/h12H,5-11H2,1-4H3. The Morgan fingerprint density at radius 1 is 1.06 bits per heavy atom. The molecule has 0 aromatic rings. The van der Waals surface area contributed by atoms with Crippen molar-refractivity contribution in [3.05, 3.63) is 0 Å². The molecule has 18 heavy (non-hydrogen) atoms. The molecule has 2 rings (SSSR count). The molecule has 2 fully saturated rings. The first-order valence-electron chi connectivity index (χ1n) is 7.30. The Hall–Kier alpha value is -0.180. The van der Waals surface area contributed by atoms with Gasteiger partial charge in [0, 0.05) is 5.41 Å². The summed E-state index contributed by atoms with van der Waals surface area (Å²) in [6.45, 7) is 6.82. The summed E-state index contributed by atoms with van der Waals surface area (Å²) in [5, 5.41) is 0. The molecule has 2 aliphatic rings. The average molecular weight is 259 g/mol. The van der Waals surface area contributed by atoms with Crippen LogP contribution in [0, 0.1) is 10.8 Å². The average Bonchev–Trinajstić information content (AvgIpc) is 2.83. The molecular weight excluding hydrogens is 232 g/mol. The molecule has 0 aromatic heterocycles. The van der Waals surface area contributed by atoms with Gasteiger partial charge < -0.3 is 0 Å². The molecular formula is C15H27F2N. The highest BCUT2D eigenvalue weighted by Crippen LogP contribution is 2.61. The summed E-state index contributed by atoms with van der Waals surface area (Å²) in [6, 6.07) is -0.546. The van der Waals surface area contributed by atoms with E-state index in [9.17, 15) is 0 Å². The minimum atomic E-state index is -2.56. The van der Waals surface area contributed by atoms with Crippen LogP contribution in [-0.2, 0) is 0 Å². The lowest BCUT2D eigenvalue weighted by Crippen LogP contribution is -2.57. The molecule has 3 heteroatoms. The van der Waals surface area contributed by atoms with Crippen molar-refractivity contribution in [2.45, 2.75) is 71.3 Å². The quantitative estimate of drug-likeness (QED) is 0.713. The van der Waals surface area contributed by atoms with Crippen LogP contribution in [0.4, 0.5) is 8.78 Å². The van der Waals surface area contributed by atoms with E-state index >= 15 is 8.78 Å². The fourth-order valence-electron chi connectivity index (χ4n) is 4.25. The van der Waals surface area contributed by atoms with Crippen molar-refractivity contribution in [1.82, 2.24) is 4.90 Å². The van der Waals surface area contributed by atoms with Crippen molar-refractivity contribution in [2.75, 3.05) is 13.6 Å². The molecule has 1 aliphatic heterocycles. The highest BCUT2D eigenvalue weighted by Gasteiger charge is 2.64. The van der Waals surface area contributed by atoms with E-state index in [1.165, 1.54) is 0 Å². The number of hydrogen-bond donors (Lipinski definition) is 0. The highest BCUT2D eigenvalue weighted by atomic mass is 19.3. The monoisotopic (exact) mass is 259 g/mol.